The molecule has 0 aliphatic carbocycles. The smallest absolute Gasteiger partial charge is 0.123 e. The highest BCUT2D eigenvalue weighted by atomic mass is 16.1. The molecule has 2 atom stereocenters. The molecule has 0 radical (unpaired) electrons. The molecule has 0 saturated heterocycles. The summed E-state index contributed by atoms with van der Waals surface area (Å²) in [4.78, 5) is 11.8. The molecule has 2 aromatic rings. The summed E-state index contributed by atoms with van der Waals surface area (Å²) in [5.41, 5.74) is 2.39. The van der Waals surface area contributed by atoms with E-state index < -0.39 is 0 Å². The molecule has 0 fully saturated rings. The van der Waals surface area contributed by atoms with Gasteiger partial charge in [0.15, 0.2) is 0 Å². The Balaban J connectivity index is 2.15. The quantitative estimate of drug-likeness (QED) is 0.372. The molecule has 1 nitrogen and oxygen atoms in total. The summed E-state index contributed by atoms with van der Waals surface area (Å²) in [6.07, 6.45) is 11.3. The maximum absolute atomic E-state index is 11.8. The zero-order chi connectivity index (χ0) is 17.0. The molecule has 0 saturated carbocycles. The highest BCUT2D eigenvalue weighted by molar-refractivity contribution is 5.59. The van der Waals surface area contributed by atoms with Crippen LogP contribution in [0.15, 0.2) is 66.7 Å². The van der Waals surface area contributed by atoms with E-state index >= 15 is 0 Å². The molecule has 0 aromatic heterocycles. The molecular weight excluding hydrogens is 292 g/mol. The normalized spacial score (nSPS) is 13.7. The van der Waals surface area contributed by atoms with Crippen LogP contribution in [-0.4, -0.2) is 6.29 Å². The number of allylic oxidation sites excluding steroid dienone is 1. The SMILES string of the molecule is CCCCCC[C@H](C=O)C(/C=C/c1ccccc1)c1ccccc1. The largest absolute Gasteiger partial charge is 0.303 e. The lowest BCUT2D eigenvalue weighted by Gasteiger charge is -2.20. The Labute approximate surface area is 146 Å². The minimum Gasteiger partial charge on any atom is -0.303 e. The Kier molecular flexibility index (Phi) is 8.03. The third-order valence-electron chi connectivity index (χ3n) is 4.51. The van der Waals surface area contributed by atoms with Crippen LogP contribution in [0, 0.1) is 5.92 Å². The van der Waals surface area contributed by atoms with Crippen LogP contribution < -0.4 is 0 Å². The van der Waals surface area contributed by atoms with Gasteiger partial charge in [-0.3, -0.25) is 0 Å². The lowest BCUT2D eigenvalue weighted by molar-refractivity contribution is -0.111. The highest BCUT2D eigenvalue weighted by Crippen LogP contribution is 2.30. The Morgan fingerprint density at radius 3 is 2.17 bits per heavy atom. The van der Waals surface area contributed by atoms with Gasteiger partial charge in [0.25, 0.3) is 0 Å². The van der Waals surface area contributed by atoms with Crippen LogP contribution in [0.4, 0.5) is 0 Å². The van der Waals surface area contributed by atoms with Gasteiger partial charge < -0.3 is 4.79 Å². The molecule has 0 spiro atoms. The monoisotopic (exact) mass is 320 g/mol. The second-order valence-electron chi connectivity index (χ2n) is 6.36. The zero-order valence-electron chi connectivity index (χ0n) is 14.6. The summed E-state index contributed by atoms with van der Waals surface area (Å²) in [5.74, 6) is 0.190. The summed E-state index contributed by atoms with van der Waals surface area (Å²) in [6, 6.07) is 20.7. The van der Waals surface area contributed by atoms with Crippen molar-refractivity contribution in [1.82, 2.24) is 0 Å². The summed E-state index contributed by atoms with van der Waals surface area (Å²) in [5, 5.41) is 0. The molecule has 0 amide bonds. The number of carbonyl (C=O) groups is 1. The fourth-order valence-electron chi connectivity index (χ4n) is 3.09. The molecule has 1 unspecified atom stereocenters. The number of benzene rings is 2. The van der Waals surface area contributed by atoms with Crippen LogP contribution in [0.25, 0.3) is 6.08 Å². The maximum Gasteiger partial charge on any atom is 0.123 e. The minimum atomic E-state index is 0.0456. The Hall–Kier alpha value is -2.15. The van der Waals surface area contributed by atoms with Crippen LogP contribution in [-0.2, 0) is 4.79 Å². The molecule has 0 bridgehead atoms. The van der Waals surface area contributed by atoms with E-state index in [1.54, 1.807) is 0 Å². The molecular formula is C23H28O. The third-order valence-corrected chi connectivity index (χ3v) is 4.51. The first-order valence-corrected chi connectivity index (χ1v) is 9.08. The van der Waals surface area contributed by atoms with Gasteiger partial charge in [-0.1, -0.05) is 105 Å². The van der Waals surface area contributed by atoms with E-state index in [2.05, 4.69) is 55.5 Å². The standard InChI is InChI=1S/C23H28O/c1-2-3-4-9-16-22(19-24)23(21-14-10-6-11-15-21)18-17-20-12-7-5-8-13-20/h5-8,10-15,17-19,22-23H,2-4,9,16H2,1H3/b18-17+/t22-,23?/m1/s1. The fourth-order valence-corrected chi connectivity index (χ4v) is 3.09. The van der Waals surface area contributed by atoms with Gasteiger partial charge in [0.1, 0.15) is 6.29 Å². The van der Waals surface area contributed by atoms with Crippen molar-refractivity contribution in [3.63, 3.8) is 0 Å². The van der Waals surface area contributed by atoms with Gasteiger partial charge >= 0.3 is 0 Å². The molecule has 2 aromatic carbocycles. The van der Waals surface area contributed by atoms with Crippen LogP contribution in [0.1, 0.15) is 56.1 Å². The number of hydrogen-bond acceptors (Lipinski definition) is 1. The van der Waals surface area contributed by atoms with E-state index in [4.69, 9.17) is 0 Å². The van der Waals surface area contributed by atoms with Crippen molar-refractivity contribution in [2.75, 3.05) is 0 Å². The number of hydrogen-bond donors (Lipinski definition) is 0. The second-order valence-corrected chi connectivity index (χ2v) is 6.36. The van der Waals surface area contributed by atoms with Gasteiger partial charge in [-0.2, -0.15) is 0 Å². The van der Waals surface area contributed by atoms with Gasteiger partial charge in [-0.25, -0.2) is 0 Å². The van der Waals surface area contributed by atoms with Crippen LogP contribution in [0.3, 0.4) is 0 Å². The van der Waals surface area contributed by atoms with E-state index in [9.17, 15) is 4.79 Å². The summed E-state index contributed by atoms with van der Waals surface area (Å²) in [7, 11) is 0. The van der Waals surface area contributed by atoms with Gasteiger partial charge in [-0.15, -0.1) is 0 Å². The van der Waals surface area contributed by atoms with E-state index in [1.807, 2.05) is 24.3 Å². The van der Waals surface area contributed by atoms with Crippen molar-refractivity contribution in [2.24, 2.45) is 5.92 Å². The topological polar surface area (TPSA) is 17.1 Å². The van der Waals surface area contributed by atoms with E-state index in [0.717, 1.165) is 19.1 Å². The fraction of sp³-hybridized carbons (Fsp3) is 0.348. The first-order chi connectivity index (χ1) is 11.8. The van der Waals surface area contributed by atoms with Crippen LogP contribution >= 0.6 is 0 Å². The molecule has 0 N–H and O–H groups in total. The van der Waals surface area contributed by atoms with Gasteiger partial charge in [0.05, 0.1) is 0 Å². The minimum absolute atomic E-state index is 0.0456. The Morgan fingerprint density at radius 1 is 0.875 bits per heavy atom. The molecule has 0 aliphatic heterocycles. The summed E-state index contributed by atoms with van der Waals surface area (Å²) in [6.45, 7) is 2.21. The number of unbranched alkanes of at least 4 members (excludes halogenated alkanes) is 3. The molecule has 0 aliphatic rings. The molecule has 2 rings (SSSR count). The molecule has 1 heteroatoms. The van der Waals surface area contributed by atoms with Gasteiger partial charge in [0.2, 0.25) is 0 Å². The highest BCUT2D eigenvalue weighted by Gasteiger charge is 2.20. The molecule has 24 heavy (non-hydrogen) atoms. The molecule has 0 heterocycles. The third kappa shape index (κ3) is 5.81. The molecule has 126 valence electrons. The summed E-state index contributed by atoms with van der Waals surface area (Å²) < 4.78 is 0. The van der Waals surface area contributed by atoms with Crippen molar-refractivity contribution in [1.29, 1.82) is 0 Å². The van der Waals surface area contributed by atoms with Gasteiger partial charge in [-0.05, 0) is 17.5 Å². The Bertz CT molecular complexity index is 600. The second kappa shape index (κ2) is 10.6. The number of rotatable bonds is 10. The van der Waals surface area contributed by atoms with E-state index in [-0.39, 0.29) is 11.8 Å². The lowest BCUT2D eigenvalue weighted by atomic mass is 9.83. The first-order valence-electron chi connectivity index (χ1n) is 9.08. The average molecular weight is 320 g/mol. The number of carbonyl (C=O) groups excluding carboxylic acids is 1. The van der Waals surface area contributed by atoms with Crippen molar-refractivity contribution in [2.45, 2.75) is 44.9 Å². The number of aldehydes is 1. The van der Waals surface area contributed by atoms with E-state index in [0.29, 0.717) is 0 Å². The van der Waals surface area contributed by atoms with Crippen molar-refractivity contribution < 1.29 is 4.79 Å². The first kappa shape index (κ1) is 18.2. The average Bonchev–Trinajstić information content (AvgIpc) is 2.65. The summed E-state index contributed by atoms with van der Waals surface area (Å²) >= 11 is 0. The lowest BCUT2D eigenvalue weighted by Crippen LogP contribution is -2.13. The van der Waals surface area contributed by atoms with E-state index in [1.165, 1.54) is 30.4 Å². The Morgan fingerprint density at radius 2 is 1.54 bits per heavy atom. The maximum atomic E-state index is 11.8. The van der Waals surface area contributed by atoms with Gasteiger partial charge in [0, 0.05) is 11.8 Å². The van der Waals surface area contributed by atoms with Crippen molar-refractivity contribution in [3.05, 3.63) is 77.9 Å². The van der Waals surface area contributed by atoms with Crippen molar-refractivity contribution in [3.8, 4) is 0 Å². The van der Waals surface area contributed by atoms with Crippen LogP contribution in [0.5, 0.6) is 0 Å². The van der Waals surface area contributed by atoms with Crippen molar-refractivity contribution >= 4 is 12.4 Å². The predicted octanol–water partition coefficient (Wildman–Crippen LogP) is 6.27. The zero-order valence-corrected chi connectivity index (χ0v) is 14.6. The van der Waals surface area contributed by atoms with Crippen LogP contribution in [0.2, 0.25) is 0 Å². The predicted molar refractivity (Wildman–Crippen MR) is 103 cm³/mol.